The molecule has 3 rings (SSSR count). The smallest absolute Gasteiger partial charge is 0.141 e. The summed E-state index contributed by atoms with van der Waals surface area (Å²) < 4.78 is 14.3. The third-order valence-corrected chi connectivity index (χ3v) is 4.86. The van der Waals surface area contributed by atoms with Gasteiger partial charge in [-0.25, -0.2) is 4.39 Å². The zero-order chi connectivity index (χ0) is 14.1. The van der Waals surface area contributed by atoms with Crippen molar-refractivity contribution in [3.63, 3.8) is 0 Å². The highest BCUT2D eigenvalue weighted by Crippen LogP contribution is 2.46. The molecule has 1 atom stereocenters. The second-order valence-electron chi connectivity index (χ2n) is 5.71. The molecule has 5 heteroatoms. The van der Waals surface area contributed by atoms with Crippen LogP contribution in [0.25, 0.3) is 0 Å². The number of piperazine rings is 1. The number of hydrogen-bond donors (Lipinski definition) is 2. The number of phenolic OH excluding ortho intramolecular Hbond substituents is 1. The van der Waals surface area contributed by atoms with Crippen LogP contribution >= 0.6 is 11.6 Å². The van der Waals surface area contributed by atoms with Crippen LogP contribution < -0.4 is 5.32 Å². The van der Waals surface area contributed by atoms with Crippen molar-refractivity contribution in [3.05, 3.63) is 28.5 Å². The first-order valence-electron chi connectivity index (χ1n) is 7.30. The number of hydrogen-bond acceptors (Lipinski definition) is 3. The lowest BCUT2D eigenvalue weighted by molar-refractivity contribution is 0.0793. The molecule has 3 nitrogen and oxygen atoms in total. The minimum atomic E-state index is -0.345. The van der Waals surface area contributed by atoms with E-state index in [1.165, 1.54) is 18.6 Å². The Hall–Kier alpha value is -0.840. The fraction of sp³-hybridized carbons (Fsp3) is 0.600. The summed E-state index contributed by atoms with van der Waals surface area (Å²) in [6.07, 6.45) is 3.39. The molecule has 2 aliphatic rings. The molecule has 0 amide bonds. The first-order valence-corrected chi connectivity index (χ1v) is 7.68. The molecule has 1 aromatic rings. The lowest BCUT2D eigenvalue weighted by atomic mass is 9.76. The summed E-state index contributed by atoms with van der Waals surface area (Å²) in [6.45, 7) is 3.58. The van der Waals surface area contributed by atoms with Crippen molar-refractivity contribution in [2.24, 2.45) is 5.92 Å². The summed E-state index contributed by atoms with van der Waals surface area (Å²) in [5.74, 6) is -0.00333. The van der Waals surface area contributed by atoms with Gasteiger partial charge in [0.1, 0.15) is 11.6 Å². The lowest BCUT2D eigenvalue weighted by Gasteiger charge is -2.43. The SMILES string of the molecule is Oc1c(Cl)ccc(F)c1[C@H](C1CCC1)N1CCNCC1. The zero-order valence-electron chi connectivity index (χ0n) is 11.4. The number of phenols is 1. The first kappa shape index (κ1) is 14.1. The van der Waals surface area contributed by atoms with Crippen LogP contribution in [0, 0.1) is 11.7 Å². The van der Waals surface area contributed by atoms with Gasteiger partial charge in [0.05, 0.1) is 5.02 Å². The molecule has 1 saturated heterocycles. The third-order valence-electron chi connectivity index (χ3n) is 4.55. The summed E-state index contributed by atoms with van der Waals surface area (Å²) in [5, 5.41) is 13.8. The van der Waals surface area contributed by atoms with Crippen LogP contribution in [0.4, 0.5) is 4.39 Å². The van der Waals surface area contributed by atoms with E-state index in [1.807, 2.05) is 0 Å². The molecule has 0 aromatic heterocycles. The van der Waals surface area contributed by atoms with Crippen LogP contribution in [0.15, 0.2) is 12.1 Å². The molecule has 0 unspecified atom stereocenters. The molecule has 0 bridgehead atoms. The molecule has 1 saturated carbocycles. The summed E-state index contributed by atoms with van der Waals surface area (Å²) in [6, 6.07) is 2.74. The van der Waals surface area contributed by atoms with E-state index in [4.69, 9.17) is 11.6 Å². The fourth-order valence-electron chi connectivity index (χ4n) is 3.27. The highest BCUT2D eigenvalue weighted by atomic mass is 35.5. The van der Waals surface area contributed by atoms with Crippen molar-refractivity contribution in [1.82, 2.24) is 10.2 Å². The fourth-order valence-corrected chi connectivity index (χ4v) is 3.44. The minimum Gasteiger partial charge on any atom is -0.506 e. The number of benzene rings is 1. The van der Waals surface area contributed by atoms with Gasteiger partial charge in [0.2, 0.25) is 0 Å². The van der Waals surface area contributed by atoms with E-state index < -0.39 is 0 Å². The van der Waals surface area contributed by atoms with Gasteiger partial charge in [-0.05, 0) is 30.9 Å². The van der Waals surface area contributed by atoms with Gasteiger partial charge in [-0.2, -0.15) is 0 Å². The number of nitrogens with one attached hydrogen (secondary N) is 1. The normalized spacial score (nSPS) is 22.5. The maximum Gasteiger partial charge on any atom is 0.141 e. The van der Waals surface area contributed by atoms with E-state index in [0.29, 0.717) is 11.5 Å². The average Bonchev–Trinajstić information content (AvgIpc) is 2.41. The minimum absolute atomic E-state index is 0.0513. The van der Waals surface area contributed by atoms with Gasteiger partial charge in [0.15, 0.2) is 0 Å². The molecule has 20 heavy (non-hydrogen) atoms. The number of aromatic hydroxyl groups is 1. The number of halogens is 2. The van der Waals surface area contributed by atoms with Crippen molar-refractivity contribution in [2.45, 2.75) is 25.3 Å². The van der Waals surface area contributed by atoms with E-state index in [2.05, 4.69) is 10.2 Å². The Balaban J connectivity index is 1.98. The predicted octanol–water partition coefficient (Wildman–Crippen LogP) is 2.93. The summed E-state index contributed by atoms with van der Waals surface area (Å²) >= 11 is 5.99. The number of rotatable bonds is 3. The maximum atomic E-state index is 14.3. The van der Waals surface area contributed by atoms with Gasteiger partial charge in [-0.1, -0.05) is 18.0 Å². The predicted molar refractivity (Wildman–Crippen MR) is 77.6 cm³/mol. The molecule has 0 spiro atoms. The Morgan fingerprint density at radius 2 is 2.00 bits per heavy atom. The standard InChI is InChI=1S/C15H20ClFN2O/c16-11-4-5-12(17)13(15(11)20)14(10-2-1-3-10)19-8-6-18-7-9-19/h4-5,10,14,18,20H,1-3,6-9H2/t14-/m0/s1. The van der Waals surface area contributed by atoms with Crippen LogP contribution in [-0.4, -0.2) is 36.2 Å². The molecule has 0 radical (unpaired) electrons. The van der Waals surface area contributed by atoms with Crippen molar-refractivity contribution in [1.29, 1.82) is 0 Å². The van der Waals surface area contributed by atoms with E-state index in [0.717, 1.165) is 39.0 Å². The molecular formula is C15H20ClFN2O. The van der Waals surface area contributed by atoms with Gasteiger partial charge in [-0.3, -0.25) is 4.90 Å². The molecular weight excluding hydrogens is 279 g/mol. The van der Waals surface area contributed by atoms with Crippen molar-refractivity contribution < 1.29 is 9.50 Å². The molecule has 1 heterocycles. The molecule has 1 aliphatic carbocycles. The third kappa shape index (κ3) is 2.52. The van der Waals surface area contributed by atoms with Crippen molar-refractivity contribution in [3.8, 4) is 5.75 Å². The summed E-state index contributed by atoms with van der Waals surface area (Å²) in [7, 11) is 0. The highest BCUT2D eigenvalue weighted by Gasteiger charge is 2.37. The van der Waals surface area contributed by atoms with E-state index in [1.54, 1.807) is 0 Å². The topological polar surface area (TPSA) is 35.5 Å². The Labute approximate surface area is 123 Å². The summed E-state index contributed by atoms with van der Waals surface area (Å²) in [4.78, 5) is 2.29. The first-order chi connectivity index (χ1) is 9.68. The number of nitrogens with zero attached hydrogens (tertiary/aromatic N) is 1. The van der Waals surface area contributed by atoms with E-state index in [-0.39, 0.29) is 22.6 Å². The second-order valence-corrected chi connectivity index (χ2v) is 6.12. The average molecular weight is 299 g/mol. The van der Waals surface area contributed by atoms with Crippen LogP contribution in [0.5, 0.6) is 5.75 Å². The second kappa shape index (κ2) is 5.88. The largest absolute Gasteiger partial charge is 0.506 e. The van der Waals surface area contributed by atoms with Gasteiger partial charge >= 0.3 is 0 Å². The molecule has 2 fully saturated rings. The molecule has 1 aliphatic heterocycles. The Bertz CT molecular complexity index is 487. The Morgan fingerprint density at radius 1 is 1.30 bits per heavy atom. The van der Waals surface area contributed by atoms with Crippen LogP contribution in [0.2, 0.25) is 5.02 Å². The molecule has 110 valence electrons. The summed E-state index contributed by atoms with van der Waals surface area (Å²) in [5.41, 5.74) is 0.393. The van der Waals surface area contributed by atoms with Crippen LogP contribution in [0.1, 0.15) is 30.9 Å². The maximum absolute atomic E-state index is 14.3. The van der Waals surface area contributed by atoms with Gasteiger partial charge in [0, 0.05) is 37.8 Å². The highest BCUT2D eigenvalue weighted by molar-refractivity contribution is 6.32. The monoisotopic (exact) mass is 298 g/mol. The Morgan fingerprint density at radius 3 is 2.60 bits per heavy atom. The Kier molecular flexibility index (Phi) is 4.15. The lowest BCUT2D eigenvalue weighted by Crippen LogP contribution is -2.48. The van der Waals surface area contributed by atoms with E-state index in [9.17, 15) is 9.50 Å². The van der Waals surface area contributed by atoms with Crippen LogP contribution in [-0.2, 0) is 0 Å². The molecule has 1 aromatic carbocycles. The van der Waals surface area contributed by atoms with Gasteiger partial charge in [-0.15, -0.1) is 0 Å². The molecule has 2 N–H and O–H groups in total. The van der Waals surface area contributed by atoms with Crippen molar-refractivity contribution >= 4 is 11.6 Å². The quantitative estimate of drug-likeness (QED) is 0.900. The van der Waals surface area contributed by atoms with Crippen molar-refractivity contribution in [2.75, 3.05) is 26.2 Å². The zero-order valence-corrected chi connectivity index (χ0v) is 12.2. The van der Waals surface area contributed by atoms with Gasteiger partial charge in [0.25, 0.3) is 0 Å². The van der Waals surface area contributed by atoms with E-state index >= 15 is 0 Å². The van der Waals surface area contributed by atoms with Gasteiger partial charge < -0.3 is 10.4 Å². The van der Waals surface area contributed by atoms with Crippen LogP contribution in [0.3, 0.4) is 0 Å².